The molecule has 1 heterocycles. The molecule has 5 heteroatoms. The number of halogens is 1. The van der Waals surface area contributed by atoms with Gasteiger partial charge in [-0.1, -0.05) is 35.9 Å². The summed E-state index contributed by atoms with van der Waals surface area (Å²) in [6.45, 7) is 0. The molecular weight excluding hydrogens is 262 g/mol. The van der Waals surface area contributed by atoms with E-state index in [1.54, 1.807) is 6.20 Å². The summed E-state index contributed by atoms with van der Waals surface area (Å²) in [6.07, 6.45) is 3.68. The number of aryl methyl sites for hydroxylation is 1. The largest absolute Gasteiger partial charge is 0.365 e. The number of nitrogens with zero attached hydrogens (tertiary/aromatic N) is 2. The average Bonchev–Trinajstić information content (AvgIpc) is 2.85. The maximum Gasteiger partial charge on any atom is 0.285 e. The predicted octanol–water partition coefficient (Wildman–Crippen LogP) is 2.55. The molecule has 0 saturated carbocycles. The van der Waals surface area contributed by atoms with Crippen LogP contribution in [-0.4, -0.2) is 17.2 Å². The van der Waals surface area contributed by atoms with Crippen molar-refractivity contribution in [3.05, 3.63) is 57.0 Å². The summed E-state index contributed by atoms with van der Waals surface area (Å²) in [5.41, 5.74) is 3.00. The number of aromatic nitrogens is 2. The molecule has 1 aliphatic carbocycles. The van der Waals surface area contributed by atoms with Gasteiger partial charge >= 0.3 is 0 Å². The lowest BCUT2D eigenvalue weighted by atomic mass is 10.1. The van der Waals surface area contributed by atoms with Gasteiger partial charge in [0.15, 0.2) is 0 Å². The highest BCUT2D eigenvalue weighted by atomic mass is 35.5. The van der Waals surface area contributed by atoms with Crippen LogP contribution in [-0.2, 0) is 6.42 Å². The molecule has 0 bridgehead atoms. The second kappa shape index (κ2) is 4.70. The molecule has 0 amide bonds. The first-order valence-corrected chi connectivity index (χ1v) is 6.60. The lowest BCUT2D eigenvalue weighted by Crippen LogP contribution is -2.25. The Morgan fingerprint density at radius 3 is 3.05 bits per heavy atom. The van der Waals surface area contributed by atoms with Gasteiger partial charge in [0.1, 0.15) is 5.02 Å². The lowest BCUT2D eigenvalue weighted by Gasteiger charge is -2.27. The van der Waals surface area contributed by atoms with Crippen molar-refractivity contribution in [2.45, 2.75) is 18.9 Å². The normalized spacial score (nSPS) is 17.3. The van der Waals surface area contributed by atoms with Crippen molar-refractivity contribution in [2.75, 3.05) is 11.9 Å². The lowest BCUT2D eigenvalue weighted by molar-refractivity contribution is 0.659. The summed E-state index contributed by atoms with van der Waals surface area (Å²) in [5.74, 6) is 0. The molecule has 1 unspecified atom stereocenters. The third kappa shape index (κ3) is 2.02. The highest BCUT2D eigenvalue weighted by molar-refractivity contribution is 6.33. The van der Waals surface area contributed by atoms with Crippen LogP contribution in [0.4, 0.5) is 5.69 Å². The quantitative estimate of drug-likeness (QED) is 0.916. The van der Waals surface area contributed by atoms with E-state index in [4.69, 9.17) is 11.6 Å². The van der Waals surface area contributed by atoms with Gasteiger partial charge in [0, 0.05) is 7.05 Å². The number of rotatable bonds is 2. The standard InChI is InChI=1S/C14H14ClN3O/c1-18(12-8-16-17-14(19)13(12)15)11-7-6-9-4-2-3-5-10(9)11/h2-5,8,11H,6-7H2,1H3,(H,17,19). The Balaban J connectivity index is 2.00. The van der Waals surface area contributed by atoms with Crippen molar-refractivity contribution in [2.24, 2.45) is 0 Å². The third-order valence-electron chi connectivity index (χ3n) is 3.73. The van der Waals surface area contributed by atoms with Crippen LogP contribution in [0.2, 0.25) is 5.02 Å². The Morgan fingerprint density at radius 2 is 2.21 bits per heavy atom. The maximum absolute atomic E-state index is 11.5. The number of hydrogen-bond acceptors (Lipinski definition) is 3. The van der Waals surface area contributed by atoms with E-state index in [1.807, 2.05) is 18.0 Å². The Labute approximate surface area is 116 Å². The summed E-state index contributed by atoms with van der Waals surface area (Å²) >= 11 is 6.07. The van der Waals surface area contributed by atoms with E-state index in [-0.39, 0.29) is 16.6 Å². The number of nitrogens with one attached hydrogen (secondary N) is 1. The van der Waals surface area contributed by atoms with Crippen LogP contribution in [0.15, 0.2) is 35.3 Å². The van der Waals surface area contributed by atoms with Crippen molar-refractivity contribution in [1.29, 1.82) is 0 Å². The monoisotopic (exact) mass is 275 g/mol. The van der Waals surface area contributed by atoms with Gasteiger partial charge in [0.2, 0.25) is 0 Å². The van der Waals surface area contributed by atoms with E-state index in [0.29, 0.717) is 5.69 Å². The van der Waals surface area contributed by atoms with Crippen LogP contribution in [0, 0.1) is 0 Å². The summed E-state index contributed by atoms with van der Waals surface area (Å²) in [5, 5.41) is 6.37. The number of anilines is 1. The molecule has 1 aromatic carbocycles. The predicted molar refractivity (Wildman–Crippen MR) is 75.8 cm³/mol. The average molecular weight is 276 g/mol. The van der Waals surface area contributed by atoms with E-state index in [2.05, 4.69) is 28.4 Å². The minimum atomic E-state index is -0.350. The number of aromatic amines is 1. The summed E-state index contributed by atoms with van der Waals surface area (Å²) in [4.78, 5) is 13.6. The van der Waals surface area contributed by atoms with Crippen LogP contribution in [0.25, 0.3) is 0 Å². The molecule has 1 aromatic heterocycles. The molecule has 19 heavy (non-hydrogen) atoms. The van der Waals surface area contributed by atoms with Crippen LogP contribution >= 0.6 is 11.6 Å². The van der Waals surface area contributed by atoms with Gasteiger partial charge in [-0.15, -0.1) is 0 Å². The first-order chi connectivity index (χ1) is 9.18. The highest BCUT2D eigenvalue weighted by Gasteiger charge is 2.27. The molecule has 1 aliphatic rings. The van der Waals surface area contributed by atoms with Crippen LogP contribution in [0.1, 0.15) is 23.6 Å². The van der Waals surface area contributed by atoms with Gasteiger partial charge in [-0.05, 0) is 24.0 Å². The van der Waals surface area contributed by atoms with E-state index < -0.39 is 0 Å². The molecule has 1 N–H and O–H groups in total. The maximum atomic E-state index is 11.5. The number of hydrogen-bond donors (Lipinski definition) is 1. The minimum absolute atomic E-state index is 0.196. The van der Waals surface area contributed by atoms with Crippen LogP contribution in [0.3, 0.4) is 0 Å². The van der Waals surface area contributed by atoms with E-state index in [1.165, 1.54) is 11.1 Å². The zero-order valence-corrected chi connectivity index (χ0v) is 11.3. The molecular formula is C14H14ClN3O. The molecule has 2 aromatic rings. The summed E-state index contributed by atoms with van der Waals surface area (Å²) < 4.78 is 0. The molecule has 98 valence electrons. The van der Waals surface area contributed by atoms with Gasteiger partial charge < -0.3 is 4.90 Å². The third-order valence-corrected chi connectivity index (χ3v) is 4.09. The van der Waals surface area contributed by atoms with Crippen LogP contribution in [0.5, 0.6) is 0 Å². The summed E-state index contributed by atoms with van der Waals surface area (Å²) in [6, 6.07) is 8.64. The zero-order chi connectivity index (χ0) is 13.4. The fourth-order valence-electron chi connectivity index (χ4n) is 2.72. The molecule has 0 radical (unpaired) electrons. The first-order valence-electron chi connectivity index (χ1n) is 6.22. The van der Waals surface area contributed by atoms with Gasteiger partial charge in [-0.3, -0.25) is 4.79 Å². The fraction of sp³-hybridized carbons (Fsp3) is 0.286. The van der Waals surface area contributed by atoms with Gasteiger partial charge in [0.25, 0.3) is 5.56 Å². The SMILES string of the molecule is CN(c1cn[nH]c(=O)c1Cl)C1CCc2ccccc21. The number of fused-ring (bicyclic) bond motifs is 1. The van der Waals surface area contributed by atoms with Crippen molar-refractivity contribution < 1.29 is 0 Å². The smallest absolute Gasteiger partial charge is 0.285 e. The topological polar surface area (TPSA) is 49.0 Å². The molecule has 0 saturated heterocycles. The van der Waals surface area contributed by atoms with Crippen molar-refractivity contribution >= 4 is 17.3 Å². The molecule has 0 fully saturated rings. The van der Waals surface area contributed by atoms with E-state index in [9.17, 15) is 4.79 Å². The Morgan fingerprint density at radius 1 is 1.42 bits per heavy atom. The molecule has 0 aliphatic heterocycles. The fourth-order valence-corrected chi connectivity index (χ4v) is 2.95. The molecule has 1 atom stereocenters. The van der Waals surface area contributed by atoms with E-state index in [0.717, 1.165) is 12.8 Å². The minimum Gasteiger partial charge on any atom is -0.365 e. The highest BCUT2D eigenvalue weighted by Crippen LogP contribution is 2.38. The Bertz CT molecular complexity index is 668. The Kier molecular flexibility index (Phi) is 3.03. The second-order valence-corrected chi connectivity index (χ2v) is 5.14. The summed E-state index contributed by atoms with van der Waals surface area (Å²) in [7, 11) is 1.95. The van der Waals surface area contributed by atoms with Crippen molar-refractivity contribution in [3.63, 3.8) is 0 Å². The molecule has 4 nitrogen and oxygen atoms in total. The van der Waals surface area contributed by atoms with Crippen LogP contribution < -0.4 is 10.5 Å². The second-order valence-electron chi connectivity index (χ2n) is 4.76. The first kappa shape index (κ1) is 12.2. The van der Waals surface area contributed by atoms with Crippen molar-refractivity contribution in [3.8, 4) is 0 Å². The number of H-pyrrole nitrogens is 1. The number of benzene rings is 1. The van der Waals surface area contributed by atoms with E-state index >= 15 is 0 Å². The van der Waals surface area contributed by atoms with Crippen molar-refractivity contribution in [1.82, 2.24) is 10.2 Å². The molecule has 0 spiro atoms. The van der Waals surface area contributed by atoms with Gasteiger partial charge in [-0.25, -0.2) is 5.10 Å². The van der Waals surface area contributed by atoms with Gasteiger partial charge in [-0.2, -0.15) is 5.10 Å². The zero-order valence-electron chi connectivity index (χ0n) is 10.6. The molecule has 3 rings (SSSR count). The van der Waals surface area contributed by atoms with Gasteiger partial charge in [0.05, 0.1) is 17.9 Å². The Hall–Kier alpha value is -1.81.